The summed E-state index contributed by atoms with van der Waals surface area (Å²) in [6.07, 6.45) is 1.02. The Morgan fingerprint density at radius 3 is 2.12 bits per heavy atom. The Bertz CT molecular complexity index is 1060. The Hall–Kier alpha value is -3.27. The van der Waals surface area contributed by atoms with Gasteiger partial charge in [-0.15, -0.1) is 0 Å². The number of rotatable bonds is 5. The molecule has 0 saturated heterocycles. The zero-order valence-corrected chi connectivity index (χ0v) is 18.9. The van der Waals surface area contributed by atoms with Crippen LogP contribution >= 0.6 is 11.6 Å². The van der Waals surface area contributed by atoms with Gasteiger partial charge >= 0.3 is 11.9 Å². The number of ketones is 2. The van der Waals surface area contributed by atoms with Crippen molar-refractivity contribution in [2.75, 3.05) is 35.5 Å². The van der Waals surface area contributed by atoms with Crippen LogP contribution in [0.4, 0.5) is 0 Å². The largest absolute Gasteiger partial charge is 0.496 e. The van der Waals surface area contributed by atoms with Gasteiger partial charge in [0.1, 0.15) is 22.1 Å². The molecule has 1 aliphatic carbocycles. The quantitative estimate of drug-likeness (QED) is 0.468. The van der Waals surface area contributed by atoms with Crippen molar-refractivity contribution in [3.05, 3.63) is 28.0 Å². The molecule has 0 N–H and O–H groups in total. The van der Waals surface area contributed by atoms with Crippen molar-refractivity contribution in [1.29, 1.82) is 0 Å². The van der Waals surface area contributed by atoms with E-state index in [-0.39, 0.29) is 39.2 Å². The van der Waals surface area contributed by atoms with Crippen LogP contribution in [0, 0.1) is 11.8 Å². The van der Waals surface area contributed by atoms with Crippen molar-refractivity contribution < 1.29 is 47.6 Å². The summed E-state index contributed by atoms with van der Waals surface area (Å²) in [7, 11) is 6.03. The minimum atomic E-state index is -1.94. The van der Waals surface area contributed by atoms with Gasteiger partial charge in [-0.25, -0.2) is 4.79 Å². The van der Waals surface area contributed by atoms with Crippen molar-refractivity contribution >= 4 is 35.1 Å². The number of halogens is 1. The second-order valence-corrected chi connectivity index (χ2v) is 7.40. The molecular weight excluding hydrogens is 448 g/mol. The van der Waals surface area contributed by atoms with E-state index in [1.54, 1.807) is 0 Å². The summed E-state index contributed by atoms with van der Waals surface area (Å²) in [6, 6.07) is 0. The maximum absolute atomic E-state index is 13.9. The monoisotopic (exact) mass is 468 g/mol. The summed E-state index contributed by atoms with van der Waals surface area (Å²) >= 11 is 6.47. The van der Waals surface area contributed by atoms with Crippen LogP contribution < -0.4 is 14.2 Å². The molecule has 0 radical (unpaired) electrons. The summed E-state index contributed by atoms with van der Waals surface area (Å²) in [4.78, 5) is 51.3. The van der Waals surface area contributed by atoms with Crippen LogP contribution in [0.25, 0.3) is 0 Å². The number of ether oxygens (including phenoxy) is 6. The second-order valence-electron chi connectivity index (χ2n) is 7.02. The summed E-state index contributed by atoms with van der Waals surface area (Å²) < 4.78 is 31.6. The van der Waals surface area contributed by atoms with E-state index in [0.717, 1.165) is 20.3 Å². The van der Waals surface area contributed by atoms with Gasteiger partial charge in [0, 0.05) is 12.0 Å². The maximum atomic E-state index is 13.9. The van der Waals surface area contributed by atoms with Crippen LogP contribution in [0.2, 0.25) is 5.02 Å². The van der Waals surface area contributed by atoms with Gasteiger partial charge in [0.25, 0.3) is 0 Å². The van der Waals surface area contributed by atoms with Crippen LogP contribution in [0.3, 0.4) is 0 Å². The highest BCUT2D eigenvalue weighted by molar-refractivity contribution is 6.36. The van der Waals surface area contributed by atoms with Crippen LogP contribution in [0.15, 0.2) is 11.8 Å². The van der Waals surface area contributed by atoms with E-state index in [4.69, 9.17) is 40.0 Å². The Balaban J connectivity index is 2.36. The van der Waals surface area contributed by atoms with E-state index in [9.17, 15) is 19.2 Å². The Morgan fingerprint density at radius 1 is 1.00 bits per heavy atom. The highest BCUT2D eigenvalue weighted by Gasteiger charge is 2.64. The molecule has 172 valence electrons. The van der Waals surface area contributed by atoms with Gasteiger partial charge in [-0.2, -0.15) is 0 Å². The number of allylic oxidation sites excluding steroid dienone is 1. The van der Waals surface area contributed by atoms with Crippen LogP contribution in [-0.4, -0.2) is 64.7 Å². The molecule has 1 spiro atoms. The molecule has 0 amide bonds. The molecule has 32 heavy (non-hydrogen) atoms. The third-order valence-electron chi connectivity index (χ3n) is 5.69. The lowest BCUT2D eigenvalue weighted by molar-refractivity contribution is -0.154. The van der Waals surface area contributed by atoms with Crippen molar-refractivity contribution in [2.24, 2.45) is 11.8 Å². The highest BCUT2D eigenvalue weighted by atomic mass is 35.5. The van der Waals surface area contributed by atoms with Crippen molar-refractivity contribution in [2.45, 2.75) is 12.5 Å². The molecule has 0 saturated carbocycles. The lowest BCUT2D eigenvalue weighted by Crippen LogP contribution is -2.56. The molecule has 0 unspecified atom stereocenters. The molecule has 0 bridgehead atoms. The molecule has 10 nitrogen and oxygen atoms in total. The van der Waals surface area contributed by atoms with Gasteiger partial charge in [-0.3, -0.25) is 14.4 Å². The van der Waals surface area contributed by atoms with Crippen molar-refractivity contribution in [3.63, 3.8) is 0 Å². The molecule has 1 aliphatic heterocycles. The van der Waals surface area contributed by atoms with Gasteiger partial charge in [0.15, 0.2) is 28.8 Å². The molecule has 2 aliphatic rings. The van der Waals surface area contributed by atoms with E-state index < -0.39 is 40.9 Å². The summed E-state index contributed by atoms with van der Waals surface area (Å²) in [6.45, 7) is 1.48. The fourth-order valence-corrected chi connectivity index (χ4v) is 4.49. The van der Waals surface area contributed by atoms with Crippen LogP contribution in [0.5, 0.6) is 17.2 Å². The Labute approximate surface area is 188 Å². The van der Waals surface area contributed by atoms with Gasteiger partial charge in [-0.1, -0.05) is 18.5 Å². The van der Waals surface area contributed by atoms with E-state index in [1.165, 1.54) is 28.3 Å². The first-order valence-corrected chi connectivity index (χ1v) is 9.71. The molecule has 1 aromatic rings. The van der Waals surface area contributed by atoms with Crippen molar-refractivity contribution in [1.82, 2.24) is 0 Å². The summed E-state index contributed by atoms with van der Waals surface area (Å²) in [5, 5.41) is -0.192. The number of carbonyl (C=O) groups excluding carboxylic acids is 4. The van der Waals surface area contributed by atoms with Gasteiger partial charge in [-0.05, 0) is 0 Å². The lowest BCUT2D eigenvalue weighted by Gasteiger charge is -2.39. The van der Waals surface area contributed by atoms with Gasteiger partial charge in [0.2, 0.25) is 11.4 Å². The number of hydrogen-bond acceptors (Lipinski definition) is 10. The maximum Gasteiger partial charge on any atom is 0.345 e. The van der Waals surface area contributed by atoms with Crippen LogP contribution in [0.1, 0.15) is 27.6 Å². The molecule has 3 rings (SSSR count). The summed E-state index contributed by atoms with van der Waals surface area (Å²) in [5.74, 6) is -6.04. The average molecular weight is 469 g/mol. The zero-order valence-electron chi connectivity index (χ0n) is 18.2. The molecule has 0 aromatic heterocycles. The molecule has 1 heterocycles. The number of methoxy groups -OCH3 is 5. The van der Waals surface area contributed by atoms with Crippen LogP contribution in [-0.2, 0) is 23.8 Å². The van der Waals surface area contributed by atoms with E-state index in [1.807, 2.05) is 0 Å². The first-order valence-electron chi connectivity index (χ1n) is 9.33. The fraction of sp³-hybridized carbons (Fsp3) is 0.429. The fourth-order valence-electron chi connectivity index (χ4n) is 4.18. The van der Waals surface area contributed by atoms with Gasteiger partial charge < -0.3 is 28.4 Å². The molecular formula is C21H21ClO10. The average Bonchev–Trinajstić information content (AvgIpc) is 3.09. The van der Waals surface area contributed by atoms with E-state index in [0.29, 0.717) is 0 Å². The minimum absolute atomic E-state index is 0.131. The molecule has 1 aromatic carbocycles. The standard InChI is InChI=1S/C21H21ClO10/c1-8-11(19(25)30-5)9(23)7-10(27-2)21(8)18(24)12-15(28-3)13(20(26)31-6)16(29-4)14(22)17(12)32-21/h7-8,11H,1-6H3/t8-,11+,21+/m0/s1. The number of benzene rings is 1. The van der Waals surface area contributed by atoms with Gasteiger partial charge in [0.05, 0.1) is 35.5 Å². The highest BCUT2D eigenvalue weighted by Crippen LogP contribution is 2.57. The van der Waals surface area contributed by atoms with E-state index in [2.05, 4.69) is 0 Å². The Kier molecular flexibility index (Phi) is 6.10. The SMILES string of the molecule is COC(=O)c1c(OC)c(Cl)c2c(c1OC)C(=O)[C@]1(O2)C(OC)=CC(=O)[C@H](C(=O)OC)[C@@H]1C. The number of fused-ring (bicyclic) bond motifs is 1. The Morgan fingerprint density at radius 2 is 1.62 bits per heavy atom. The number of hydrogen-bond donors (Lipinski definition) is 0. The zero-order chi connectivity index (χ0) is 24.0. The molecule has 11 heteroatoms. The number of esters is 2. The van der Waals surface area contributed by atoms with Crippen molar-refractivity contribution in [3.8, 4) is 17.2 Å². The molecule has 0 fully saturated rings. The normalized spacial score (nSPS) is 23.8. The number of carbonyl (C=O) groups is 4. The topological polar surface area (TPSA) is 124 Å². The third kappa shape index (κ3) is 2.93. The molecule has 3 atom stereocenters. The van der Waals surface area contributed by atoms with E-state index >= 15 is 0 Å². The second kappa shape index (κ2) is 8.34. The predicted molar refractivity (Wildman–Crippen MR) is 108 cm³/mol. The summed E-state index contributed by atoms with van der Waals surface area (Å²) in [5.41, 5.74) is -2.34. The number of Topliss-reactive ketones (excluding diaryl/α,β-unsaturated/α-hetero) is 1. The first kappa shape index (κ1) is 23.4. The lowest BCUT2D eigenvalue weighted by atomic mass is 9.69. The smallest absolute Gasteiger partial charge is 0.345 e. The minimum Gasteiger partial charge on any atom is -0.496 e. The third-order valence-corrected chi connectivity index (χ3v) is 6.04. The first-order chi connectivity index (χ1) is 15.2. The predicted octanol–water partition coefficient (Wildman–Crippen LogP) is 2.00.